The Morgan fingerprint density at radius 1 is 1.54 bits per heavy atom. The molecule has 2 aromatic rings. The predicted molar refractivity (Wildman–Crippen MR) is 51.7 cm³/mol. The van der Waals surface area contributed by atoms with Crippen molar-refractivity contribution in [2.75, 3.05) is 0 Å². The zero-order chi connectivity index (χ0) is 9.42. The van der Waals surface area contributed by atoms with Crippen LogP contribution in [0.25, 0.3) is 11.0 Å². The molecule has 0 bridgehead atoms. The molecule has 0 saturated carbocycles. The van der Waals surface area contributed by atoms with Crippen molar-refractivity contribution >= 4 is 27.0 Å². The molecule has 0 radical (unpaired) electrons. The van der Waals surface area contributed by atoms with Gasteiger partial charge in [0.15, 0.2) is 5.75 Å². The fourth-order valence-corrected chi connectivity index (χ4v) is 1.57. The number of nitrogens with one attached hydrogen (secondary N) is 1. The minimum Gasteiger partial charge on any atom is -0.502 e. The van der Waals surface area contributed by atoms with Crippen LogP contribution >= 0.6 is 15.9 Å². The number of rotatable bonds is 0. The lowest BCUT2D eigenvalue weighted by molar-refractivity contribution is 0.464. The maximum atomic E-state index is 11.1. The first-order valence-corrected chi connectivity index (χ1v) is 4.35. The molecule has 0 fully saturated rings. The molecule has 66 valence electrons. The number of aromatic amines is 1. The Hall–Kier alpha value is -1.36. The van der Waals surface area contributed by atoms with Gasteiger partial charge in [-0.25, -0.2) is 0 Å². The lowest BCUT2D eigenvalue weighted by Gasteiger charge is -2.00. The highest BCUT2D eigenvalue weighted by Gasteiger charge is 2.08. The Kier molecular flexibility index (Phi) is 1.81. The number of H-pyrrole nitrogens is 1. The minimum absolute atomic E-state index is 0.326. The van der Waals surface area contributed by atoms with Crippen LogP contribution in [-0.4, -0.2) is 15.1 Å². The molecule has 0 atom stereocenters. The molecule has 0 spiro atoms. The van der Waals surface area contributed by atoms with Crippen molar-refractivity contribution < 1.29 is 5.11 Å². The molecule has 2 N–H and O–H groups in total. The first-order valence-electron chi connectivity index (χ1n) is 3.55. The molecule has 2 aromatic heterocycles. The van der Waals surface area contributed by atoms with E-state index in [1.165, 1.54) is 0 Å². The van der Waals surface area contributed by atoms with Gasteiger partial charge in [-0.15, -0.1) is 0 Å². The Labute approximate surface area is 81.4 Å². The zero-order valence-electron chi connectivity index (χ0n) is 6.41. The predicted octanol–water partition coefficient (Wildman–Crippen LogP) is 1.39. The second-order valence-corrected chi connectivity index (χ2v) is 3.31. The van der Waals surface area contributed by atoms with Gasteiger partial charge in [0.1, 0.15) is 5.52 Å². The van der Waals surface area contributed by atoms with E-state index in [4.69, 9.17) is 0 Å². The summed E-state index contributed by atoms with van der Waals surface area (Å²) in [6.45, 7) is 0. The van der Waals surface area contributed by atoms with E-state index in [0.29, 0.717) is 15.5 Å². The number of hydrogen-bond acceptors (Lipinski definition) is 3. The smallest absolute Gasteiger partial charge is 0.291 e. The van der Waals surface area contributed by atoms with Crippen LogP contribution < -0.4 is 5.56 Å². The van der Waals surface area contributed by atoms with Gasteiger partial charge in [-0.3, -0.25) is 9.78 Å². The third-order valence-corrected chi connectivity index (χ3v) is 2.44. The number of halogens is 1. The third kappa shape index (κ3) is 1.21. The highest BCUT2D eigenvalue weighted by molar-refractivity contribution is 9.10. The Balaban J connectivity index is 3.02. The second kappa shape index (κ2) is 2.85. The zero-order valence-corrected chi connectivity index (χ0v) is 8.00. The van der Waals surface area contributed by atoms with Crippen LogP contribution in [0.2, 0.25) is 0 Å². The van der Waals surface area contributed by atoms with Gasteiger partial charge in [-0.05, 0) is 28.1 Å². The maximum Gasteiger partial charge on any atom is 0.291 e. The van der Waals surface area contributed by atoms with E-state index in [-0.39, 0.29) is 5.75 Å². The van der Waals surface area contributed by atoms with Crippen molar-refractivity contribution in [2.24, 2.45) is 0 Å². The largest absolute Gasteiger partial charge is 0.502 e. The van der Waals surface area contributed by atoms with E-state index in [9.17, 15) is 9.90 Å². The summed E-state index contributed by atoms with van der Waals surface area (Å²) >= 11 is 3.10. The highest BCUT2D eigenvalue weighted by atomic mass is 79.9. The van der Waals surface area contributed by atoms with E-state index in [1.807, 2.05) is 0 Å². The number of aromatic nitrogens is 2. The Morgan fingerprint density at radius 2 is 2.31 bits per heavy atom. The molecular formula is C8H5BrN2O2. The lowest BCUT2D eigenvalue weighted by Crippen LogP contribution is -2.05. The Morgan fingerprint density at radius 3 is 3.08 bits per heavy atom. The van der Waals surface area contributed by atoms with E-state index >= 15 is 0 Å². The van der Waals surface area contributed by atoms with Crippen LogP contribution in [0.4, 0.5) is 0 Å². The lowest BCUT2D eigenvalue weighted by atomic mass is 10.3. The topological polar surface area (TPSA) is 66.0 Å². The van der Waals surface area contributed by atoms with Crippen molar-refractivity contribution in [1.82, 2.24) is 9.97 Å². The Bertz CT molecular complexity index is 521. The number of pyridine rings is 2. The summed E-state index contributed by atoms with van der Waals surface area (Å²) in [7, 11) is 0. The first kappa shape index (κ1) is 8.25. The van der Waals surface area contributed by atoms with E-state index < -0.39 is 5.56 Å². The number of aromatic hydroxyl groups is 1. The molecule has 0 saturated heterocycles. The molecule has 0 aliphatic carbocycles. The van der Waals surface area contributed by atoms with Gasteiger partial charge in [0.2, 0.25) is 0 Å². The summed E-state index contributed by atoms with van der Waals surface area (Å²) in [5.41, 5.74) is 0.615. The normalized spacial score (nSPS) is 10.5. The summed E-state index contributed by atoms with van der Waals surface area (Å²) in [6, 6.07) is 3.43. The first-order chi connectivity index (χ1) is 6.20. The summed E-state index contributed by atoms with van der Waals surface area (Å²) in [5, 5.41) is 9.27. The van der Waals surface area contributed by atoms with Gasteiger partial charge < -0.3 is 10.1 Å². The van der Waals surface area contributed by atoms with Gasteiger partial charge in [0, 0.05) is 6.20 Å². The fourth-order valence-electron chi connectivity index (χ4n) is 1.07. The SMILES string of the molecule is O=c1[nH]c2cccnc2c(Br)c1O. The summed E-state index contributed by atoms with van der Waals surface area (Å²) in [5.74, 6) is -0.341. The van der Waals surface area contributed by atoms with Gasteiger partial charge in [-0.1, -0.05) is 0 Å². The summed E-state index contributed by atoms with van der Waals surface area (Å²) < 4.78 is 0.326. The highest BCUT2D eigenvalue weighted by Crippen LogP contribution is 2.25. The molecule has 0 aliphatic rings. The average Bonchev–Trinajstić information content (AvgIpc) is 2.15. The number of hydrogen-bond donors (Lipinski definition) is 2. The summed E-state index contributed by atoms with van der Waals surface area (Å²) in [6.07, 6.45) is 1.59. The van der Waals surface area contributed by atoms with Crippen LogP contribution in [0.15, 0.2) is 27.6 Å². The van der Waals surface area contributed by atoms with Crippen LogP contribution in [0.1, 0.15) is 0 Å². The minimum atomic E-state index is -0.521. The monoisotopic (exact) mass is 240 g/mol. The maximum absolute atomic E-state index is 11.1. The van der Waals surface area contributed by atoms with Gasteiger partial charge in [0.05, 0.1) is 9.99 Å². The van der Waals surface area contributed by atoms with Crippen molar-refractivity contribution in [1.29, 1.82) is 0 Å². The molecule has 2 heterocycles. The van der Waals surface area contributed by atoms with E-state index in [0.717, 1.165) is 0 Å². The van der Waals surface area contributed by atoms with Crippen molar-refractivity contribution in [3.8, 4) is 5.75 Å². The van der Waals surface area contributed by atoms with E-state index in [2.05, 4.69) is 25.9 Å². The molecule has 13 heavy (non-hydrogen) atoms. The second-order valence-electron chi connectivity index (χ2n) is 2.52. The van der Waals surface area contributed by atoms with Crippen molar-refractivity contribution in [2.45, 2.75) is 0 Å². The standard InChI is InChI=1S/C8H5BrN2O2/c9-5-6-4(2-1-3-10-6)11-8(13)7(5)12/h1-3,12H,(H,11,13). The molecule has 0 unspecified atom stereocenters. The van der Waals surface area contributed by atoms with Crippen LogP contribution in [-0.2, 0) is 0 Å². The molecule has 0 amide bonds. The number of nitrogens with zero attached hydrogens (tertiary/aromatic N) is 1. The quantitative estimate of drug-likeness (QED) is 0.732. The summed E-state index contributed by atoms with van der Waals surface area (Å²) in [4.78, 5) is 17.6. The van der Waals surface area contributed by atoms with Gasteiger partial charge in [-0.2, -0.15) is 0 Å². The fraction of sp³-hybridized carbons (Fsp3) is 0. The van der Waals surface area contributed by atoms with Gasteiger partial charge in [0.25, 0.3) is 5.56 Å². The molecule has 2 rings (SSSR count). The number of fused-ring (bicyclic) bond motifs is 1. The molecule has 5 heteroatoms. The molecular weight excluding hydrogens is 236 g/mol. The van der Waals surface area contributed by atoms with Crippen molar-refractivity contribution in [3.63, 3.8) is 0 Å². The molecule has 4 nitrogen and oxygen atoms in total. The van der Waals surface area contributed by atoms with Crippen LogP contribution in [0.3, 0.4) is 0 Å². The van der Waals surface area contributed by atoms with Crippen LogP contribution in [0.5, 0.6) is 5.75 Å². The van der Waals surface area contributed by atoms with Crippen LogP contribution in [0, 0.1) is 0 Å². The molecule has 0 aliphatic heterocycles. The van der Waals surface area contributed by atoms with Crippen molar-refractivity contribution in [3.05, 3.63) is 33.2 Å². The molecule has 0 aromatic carbocycles. The van der Waals surface area contributed by atoms with Gasteiger partial charge >= 0.3 is 0 Å². The van der Waals surface area contributed by atoms with E-state index in [1.54, 1.807) is 18.3 Å². The third-order valence-electron chi connectivity index (χ3n) is 1.69. The average molecular weight is 241 g/mol.